The van der Waals surface area contributed by atoms with Crippen LogP contribution in [-0.4, -0.2) is 40.5 Å². The first kappa shape index (κ1) is 16.9. The molecule has 1 fully saturated rings. The third kappa shape index (κ3) is 3.39. The number of imidazole rings is 1. The molecule has 0 atom stereocenters. The minimum atomic E-state index is -4.30. The summed E-state index contributed by atoms with van der Waals surface area (Å²) >= 11 is 0. The third-order valence-electron chi connectivity index (χ3n) is 4.79. The lowest BCUT2D eigenvalue weighted by atomic mass is 10.1. The minimum Gasteiger partial charge on any atom is -0.369 e. The van der Waals surface area contributed by atoms with Crippen molar-refractivity contribution in [2.45, 2.75) is 12.7 Å². The van der Waals surface area contributed by atoms with Gasteiger partial charge in [-0.15, -0.1) is 0 Å². The molecular formula is C19H19F3N4. The Morgan fingerprint density at radius 1 is 0.962 bits per heavy atom. The van der Waals surface area contributed by atoms with Crippen molar-refractivity contribution >= 4 is 11.3 Å². The molecule has 0 unspecified atom stereocenters. The Hall–Kier alpha value is -2.54. The first-order chi connectivity index (χ1) is 12.5. The number of fused-ring (bicyclic) bond motifs is 1. The minimum absolute atomic E-state index is 0.594. The standard InChI is InChI=1S/C19H19F3N4/c20-19(21,22)15-4-3-5-16(12-15)25-10-8-24(9-11-25)14-17-13-23-18-6-1-2-7-26(17)18/h1-7,12-13H,8-11,14H2. The molecule has 0 aliphatic carbocycles. The van der Waals surface area contributed by atoms with Crippen LogP contribution >= 0.6 is 0 Å². The number of halogens is 3. The van der Waals surface area contributed by atoms with Crippen molar-refractivity contribution in [3.63, 3.8) is 0 Å². The van der Waals surface area contributed by atoms with Crippen molar-refractivity contribution in [2.24, 2.45) is 0 Å². The highest BCUT2D eigenvalue weighted by atomic mass is 19.4. The zero-order chi connectivity index (χ0) is 18.1. The summed E-state index contributed by atoms with van der Waals surface area (Å²) in [6.45, 7) is 3.80. The van der Waals surface area contributed by atoms with Gasteiger partial charge in [-0.3, -0.25) is 4.90 Å². The van der Waals surface area contributed by atoms with Crippen molar-refractivity contribution < 1.29 is 13.2 Å². The highest BCUT2D eigenvalue weighted by Gasteiger charge is 2.31. The Bertz CT molecular complexity index is 895. The van der Waals surface area contributed by atoms with E-state index in [9.17, 15) is 13.2 Å². The Morgan fingerprint density at radius 3 is 2.54 bits per heavy atom. The van der Waals surface area contributed by atoms with E-state index in [2.05, 4.69) is 14.3 Å². The maximum Gasteiger partial charge on any atom is 0.416 e. The number of piperazine rings is 1. The molecule has 1 aromatic carbocycles. The van der Waals surface area contributed by atoms with Gasteiger partial charge in [0.2, 0.25) is 0 Å². The Kier molecular flexibility index (Phi) is 4.32. The molecule has 0 amide bonds. The number of hydrogen-bond acceptors (Lipinski definition) is 3. The highest BCUT2D eigenvalue weighted by Crippen LogP contribution is 2.31. The molecule has 1 aliphatic rings. The molecule has 1 aliphatic heterocycles. The predicted octanol–water partition coefficient (Wildman–Crippen LogP) is 3.68. The SMILES string of the molecule is FC(F)(F)c1cccc(N2CCN(Cc3cnc4ccccn34)CC2)c1. The van der Waals surface area contributed by atoms with Gasteiger partial charge in [0.05, 0.1) is 17.5 Å². The Balaban J connectivity index is 1.41. The summed E-state index contributed by atoms with van der Waals surface area (Å²) in [5, 5.41) is 0. The molecule has 0 N–H and O–H groups in total. The molecule has 4 nitrogen and oxygen atoms in total. The van der Waals surface area contributed by atoms with Gasteiger partial charge >= 0.3 is 6.18 Å². The van der Waals surface area contributed by atoms with E-state index < -0.39 is 11.7 Å². The second kappa shape index (κ2) is 6.64. The quantitative estimate of drug-likeness (QED) is 0.712. The average Bonchev–Trinajstić information content (AvgIpc) is 3.05. The van der Waals surface area contributed by atoms with E-state index in [-0.39, 0.29) is 0 Å². The zero-order valence-electron chi connectivity index (χ0n) is 14.2. The van der Waals surface area contributed by atoms with E-state index in [0.29, 0.717) is 18.8 Å². The van der Waals surface area contributed by atoms with Crippen LogP contribution in [0.4, 0.5) is 18.9 Å². The van der Waals surface area contributed by atoms with Crippen LogP contribution in [0.25, 0.3) is 5.65 Å². The number of nitrogens with zero attached hydrogens (tertiary/aromatic N) is 4. The van der Waals surface area contributed by atoms with Crippen LogP contribution in [0.5, 0.6) is 0 Å². The normalized spacial score (nSPS) is 16.3. The van der Waals surface area contributed by atoms with Crippen LogP contribution in [0.15, 0.2) is 54.9 Å². The third-order valence-corrected chi connectivity index (χ3v) is 4.79. The van der Waals surface area contributed by atoms with Gasteiger partial charge in [-0.2, -0.15) is 13.2 Å². The molecule has 0 saturated carbocycles. The zero-order valence-corrected chi connectivity index (χ0v) is 14.2. The molecule has 0 spiro atoms. The van der Waals surface area contributed by atoms with Gasteiger partial charge in [-0.05, 0) is 30.3 Å². The van der Waals surface area contributed by atoms with E-state index in [4.69, 9.17) is 0 Å². The van der Waals surface area contributed by atoms with E-state index in [1.54, 1.807) is 6.07 Å². The maximum absolute atomic E-state index is 12.9. The molecule has 3 heterocycles. The number of anilines is 1. The van der Waals surface area contributed by atoms with Gasteiger partial charge in [0.25, 0.3) is 0 Å². The number of pyridine rings is 1. The first-order valence-corrected chi connectivity index (χ1v) is 8.56. The van der Waals surface area contributed by atoms with E-state index in [1.807, 2.05) is 35.5 Å². The van der Waals surface area contributed by atoms with Gasteiger partial charge in [0.1, 0.15) is 5.65 Å². The highest BCUT2D eigenvalue weighted by molar-refractivity contribution is 5.49. The number of rotatable bonds is 3. The summed E-state index contributed by atoms with van der Waals surface area (Å²) in [7, 11) is 0. The van der Waals surface area contributed by atoms with Crippen molar-refractivity contribution in [3.05, 3.63) is 66.1 Å². The van der Waals surface area contributed by atoms with Gasteiger partial charge in [-0.25, -0.2) is 4.98 Å². The number of benzene rings is 1. The van der Waals surface area contributed by atoms with E-state index in [1.165, 1.54) is 12.1 Å². The van der Waals surface area contributed by atoms with Crippen molar-refractivity contribution in [3.8, 4) is 0 Å². The number of alkyl halides is 3. The average molecular weight is 360 g/mol. The van der Waals surface area contributed by atoms with Gasteiger partial charge < -0.3 is 9.30 Å². The second-order valence-electron chi connectivity index (χ2n) is 6.49. The molecule has 26 heavy (non-hydrogen) atoms. The Morgan fingerprint density at radius 2 is 1.77 bits per heavy atom. The molecule has 0 bridgehead atoms. The monoisotopic (exact) mass is 360 g/mol. The second-order valence-corrected chi connectivity index (χ2v) is 6.49. The fourth-order valence-corrected chi connectivity index (χ4v) is 3.37. The van der Waals surface area contributed by atoms with Crippen molar-refractivity contribution in [2.75, 3.05) is 31.1 Å². The summed E-state index contributed by atoms with van der Waals surface area (Å²) in [6.07, 6.45) is -0.425. The van der Waals surface area contributed by atoms with Crippen LogP contribution in [0.2, 0.25) is 0 Å². The molecule has 136 valence electrons. The summed E-state index contributed by atoms with van der Waals surface area (Å²) in [5.74, 6) is 0. The number of hydrogen-bond donors (Lipinski definition) is 0. The molecule has 3 aromatic rings. The fraction of sp³-hybridized carbons (Fsp3) is 0.316. The smallest absolute Gasteiger partial charge is 0.369 e. The molecule has 7 heteroatoms. The molecule has 4 rings (SSSR count). The fourth-order valence-electron chi connectivity index (χ4n) is 3.37. The topological polar surface area (TPSA) is 23.8 Å². The van der Waals surface area contributed by atoms with Crippen LogP contribution in [0.1, 0.15) is 11.3 Å². The van der Waals surface area contributed by atoms with Gasteiger partial charge in [0.15, 0.2) is 0 Å². The molecule has 1 saturated heterocycles. The summed E-state index contributed by atoms with van der Waals surface area (Å²) in [5.41, 5.74) is 2.08. The number of aromatic nitrogens is 2. The van der Waals surface area contributed by atoms with Crippen LogP contribution in [0, 0.1) is 0 Å². The molecular weight excluding hydrogens is 341 g/mol. The largest absolute Gasteiger partial charge is 0.416 e. The summed E-state index contributed by atoms with van der Waals surface area (Å²) in [4.78, 5) is 8.72. The lowest BCUT2D eigenvalue weighted by Crippen LogP contribution is -2.46. The first-order valence-electron chi connectivity index (χ1n) is 8.56. The van der Waals surface area contributed by atoms with Gasteiger partial charge in [0, 0.05) is 44.6 Å². The summed E-state index contributed by atoms with van der Waals surface area (Å²) < 4.78 is 40.8. The Labute approximate surface area is 149 Å². The van der Waals surface area contributed by atoms with Crippen LogP contribution < -0.4 is 4.90 Å². The van der Waals surface area contributed by atoms with Gasteiger partial charge in [-0.1, -0.05) is 12.1 Å². The lowest BCUT2D eigenvalue weighted by Gasteiger charge is -2.36. The molecule has 0 radical (unpaired) electrons. The summed E-state index contributed by atoms with van der Waals surface area (Å²) in [6, 6.07) is 11.5. The lowest BCUT2D eigenvalue weighted by molar-refractivity contribution is -0.137. The van der Waals surface area contributed by atoms with E-state index in [0.717, 1.165) is 37.0 Å². The predicted molar refractivity (Wildman–Crippen MR) is 94.1 cm³/mol. The van der Waals surface area contributed by atoms with Crippen LogP contribution in [0.3, 0.4) is 0 Å². The van der Waals surface area contributed by atoms with Crippen molar-refractivity contribution in [1.82, 2.24) is 14.3 Å². The van der Waals surface area contributed by atoms with Crippen LogP contribution in [-0.2, 0) is 12.7 Å². The van der Waals surface area contributed by atoms with E-state index >= 15 is 0 Å². The van der Waals surface area contributed by atoms with Crippen molar-refractivity contribution in [1.29, 1.82) is 0 Å². The maximum atomic E-state index is 12.9. The molecule has 2 aromatic heterocycles.